The average molecular weight is 945 g/mol. The highest BCUT2D eigenvalue weighted by molar-refractivity contribution is 5.99. The van der Waals surface area contributed by atoms with E-state index in [4.69, 9.17) is 17.2 Å². The van der Waals surface area contributed by atoms with Gasteiger partial charge in [0.2, 0.25) is 70.9 Å². The molecule has 2 saturated heterocycles. The topological polar surface area (TPSA) is 423 Å². The van der Waals surface area contributed by atoms with Crippen LogP contribution in [0, 0.1) is 5.92 Å². The number of likely N-dealkylation sites (tertiary alicyclic amines) is 1. The monoisotopic (exact) mass is 944 g/mol. The second-order valence-electron chi connectivity index (χ2n) is 16.1. The minimum atomic E-state index is -1.86. The van der Waals surface area contributed by atoms with Gasteiger partial charge in [-0.05, 0) is 42.9 Å². The molecule has 0 spiro atoms. The summed E-state index contributed by atoms with van der Waals surface area (Å²) in [5, 5.41) is 38.8. The van der Waals surface area contributed by atoms with Crippen molar-refractivity contribution in [3.05, 3.63) is 29.8 Å². The van der Waals surface area contributed by atoms with Crippen molar-refractivity contribution >= 4 is 70.9 Å². The van der Waals surface area contributed by atoms with E-state index in [0.29, 0.717) is 12.0 Å². The minimum Gasteiger partial charge on any atom is -0.508 e. The molecule has 0 unspecified atom stereocenters. The summed E-state index contributed by atoms with van der Waals surface area (Å²) in [4.78, 5) is 159. The molecule has 26 nitrogen and oxygen atoms in total. The molecule has 0 aliphatic carbocycles. The van der Waals surface area contributed by atoms with Crippen molar-refractivity contribution < 1.29 is 67.7 Å². The number of carbonyl (C=O) groups excluding carboxylic acids is 12. The highest BCUT2D eigenvalue weighted by Gasteiger charge is 2.41. The van der Waals surface area contributed by atoms with Crippen molar-refractivity contribution in [2.45, 2.75) is 114 Å². The molecule has 0 bridgehead atoms. The first-order valence-electron chi connectivity index (χ1n) is 21.5. The second kappa shape index (κ2) is 25.9. The number of carbonyl (C=O) groups is 12. The molecule has 12 amide bonds. The Labute approximate surface area is 384 Å². The van der Waals surface area contributed by atoms with E-state index >= 15 is 0 Å². The second-order valence-corrected chi connectivity index (χ2v) is 16.1. The lowest BCUT2D eigenvalue weighted by atomic mass is 9.96. The number of rotatable bonds is 16. The molecule has 0 radical (unpaired) electrons. The first kappa shape index (κ1) is 54.0. The number of amides is 12. The van der Waals surface area contributed by atoms with Gasteiger partial charge in [0, 0.05) is 38.8 Å². The van der Waals surface area contributed by atoms with E-state index in [-0.39, 0.29) is 31.6 Å². The molecule has 1 aromatic carbocycles. The third-order valence-electron chi connectivity index (χ3n) is 11.0. The Hall–Kier alpha value is -7.38. The highest BCUT2D eigenvalue weighted by Crippen LogP contribution is 2.20. The maximum atomic E-state index is 14.3. The Kier molecular flexibility index (Phi) is 20.9. The number of hydrogen-bond acceptors (Lipinski definition) is 14. The fourth-order valence-electron chi connectivity index (χ4n) is 7.07. The van der Waals surface area contributed by atoms with Crippen LogP contribution in [-0.4, -0.2) is 155 Å². The van der Waals surface area contributed by atoms with Crippen molar-refractivity contribution in [1.29, 1.82) is 0 Å². The molecule has 0 saturated carbocycles. The number of aliphatic hydroxyl groups is 1. The Bertz CT molecular complexity index is 2040. The summed E-state index contributed by atoms with van der Waals surface area (Å²) in [6.45, 7) is 1.04. The number of primary amides is 3. The third kappa shape index (κ3) is 17.2. The summed E-state index contributed by atoms with van der Waals surface area (Å²) in [6.07, 6.45) is -2.39. The molecule has 0 aromatic heterocycles. The molecule has 3 rings (SSSR count). The van der Waals surface area contributed by atoms with Gasteiger partial charge in [-0.3, -0.25) is 57.5 Å². The zero-order valence-corrected chi connectivity index (χ0v) is 37.1. The van der Waals surface area contributed by atoms with Crippen LogP contribution in [0.4, 0.5) is 0 Å². The normalized spacial score (nSPS) is 23.4. The van der Waals surface area contributed by atoms with Gasteiger partial charge in [0.15, 0.2) is 0 Å². The quantitative estimate of drug-likeness (QED) is 0.0734. The summed E-state index contributed by atoms with van der Waals surface area (Å²) < 4.78 is 0. The zero-order valence-electron chi connectivity index (χ0n) is 37.1. The molecule has 2 aliphatic heterocycles. The van der Waals surface area contributed by atoms with Crippen molar-refractivity contribution in [1.82, 2.24) is 47.4 Å². The maximum Gasteiger partial charge on any atom is 0.247 e. The Morgan fingerprint density at radius 1 is 0.791 bits per heavy atom. The molecule has 368 valence electrons. The van der Waals surface area contributed by atoms with Crippen LogP contribution in [0.15, 0.2) is 24.3 Å². The molecule has 16 N–H and O–H groups in total. The van der Waals surface area contributed by atoms with Gasteiger partial charge in [-0.15, -0.1) is 0 Å². The maximum absolute atomic E-state index is 14.3. The predicted octanol–water partition coefficient (Wildman–Crippen LogP) is -6.47. The SMILES string of the molecule is CC[C@H](C)[C@@H]1NC(=O)[C@H](Cc2ccc(O)cc2)NC(=O)CCC(=O)NC[C@@H](C(=O)N2CCC[C@H]2C(=O)N[C@@H](CO)C(=O)NCC(N)=O)NC(=O)[C@H](CC(N)=O)NC(=O)[C@H](CCC(N)=O)NC1=O. The van der Waals surface area contributed by atoms with Gasteiger partial charge < -0.3 is 74.8 Å². The van der Waals surface area contributed by atoms with Crippen LogP contribution in [-0.2, 0) is 64.0 Å². The van der Waals surface area contributed by atoms with Crippen LogP contribution in [0.3, 0.4) is 0 Å². The molecule has 2 fully saturated rings. The van der Waals surface area contributed by atoms with E-state index in [1.54, 1.807) is 13.8 Å². The molecule has 8 atom stereocenters. The number of phenolic OH excluding ortho intramolecular Hbond substituents is 1. The predicted molar refractivity (Wildman–Crippen MR) is 231 cm³/mol. The first-order valence-corrected chi connectivity index (χ1v) is 21.5. The molecule has 67 heavy (non-hydrogen) atoms. The van der Waals surface area contributed by atoms with Gasteiger partial charge in [0.05, 0.1) is 19.6 Å². The molecule has 26 heteroatoms. The van der Waals surface area contributed by atoms with Crippen molar-refractivity contribution in [2.75, 3.05) is 26.2 Å². The number of aliphatic hydroxyl groups excluding tert-OH is 1. The summed E-state index contributed by atoms with van der Waals surface area (Å²) in [7, 11) is 0. The van der Waals surface area contributed by atoms with Crippen LogP contribution in [0.2, 0.25) is 0 Å². The average Bonchev–Trinajstić information content (AvgIpc) is 3.78. The van der Waals surface area contributed by atoms with Gasteiger partial charge >= 0.3 is 0 Å². The molecular weight excluding hydrogens is 885 g/mol. The van der Waals surface area contributed by atoms with Gasteiger partial charge in [-0.25, -0.2) is 0 Å². The number of nitrogens with zero attached hydrogens (tertiary/aromatic N) is 1. The van der Waals surface area contributed by atoms with Crippen LogP contribution in [0.25, 0.3) is 0 Å². The lowest BCUT2D eigenvalue weighted by molar-refractivity contribution is -0.143. The van der Waals surface area contributed by atoms with Gasteiger partial charge in [0.25, 0.3) is 0 Å². The summed E-state index contributed by atoms with van der Waals surface area (Å²) in [6, 6.07) is -5.12. The summed E-state index contributed by atoms with van der Waals surface area (Å²) in [5.74, 6) is -12.1. The van der Waals surface area contributed by atoms with Gasteiger partial charge in [0.1, 0.15) is 48.0 Å². The lowest BCUT2D eigenvalue weighted by Gasteiger charge is -2.31. The minimum absolute atomic E-state index is 0.0309. The van der Waals surface area contributed by atoms with E-state index < -0.39 is 171 Å². The third-order valence-corrected chi connectivity index (χ3v) is 11.0. The highest BCUT2D eigenvalue weighted by atomic mass is 16.3. The van der Waals surface area contributed by atoms with Crippen molar-refractivity contribution in [3.8, 4) is 5.75 Å². The molecule has 2 heterocycles. The summed E-state index contributed by atoms with van der Waals surface area (Å²) in [5.41, 5.74) is 16.3. The number of nitrogens with two attached hydrogens (primary N) is 3. The molecular formula is C41H60N12O14. The summed E-state index contributed by atoms with van der Waals surface area (Å²) >= 11 is 0. The van der Waals surface area contributed by atoms with E-state index in [0.717, 1.165) is 4.90 Å². The van der Waals surface area contributed by atoms with Crippen molar-refractivity contribution in [2.24, 2.45) is 23.1 Å². The Morgan fingerprint density at radius 2 is 1.42 bits per heavy atom. The molecule has 1 aromatic rings. The zero-order chi connectivity index (χ0) is 50.0. The number of nitrogens with one attached hydrogen (secondary N) is 8. The Morgan fingerprint density at radius 3 is 2.03 bits per heavy atom. The Balaban J connectivity index is 2.05. The van der Waals surface area contributed by atoms with Crippen LogP contribution in [0.1, 0.15) is 70.8 Å². The fraction of sp³-hybridized carbons (Fsp3) is 0.561. The number of aromatic hydroxyl groups is 1. The molecule has 2 aliphatic rings. The number of hydrogen-bond donors (Lipinski definition) is 13. The fourth-order valence-corrected chi connectivity index (χ4v) is 7.07. The largest absolute Gasteiger partial charge is 0.508 e. The van der Waals surface area contributed by atoms with E-state index in [1.807, 2.05) is 0 Å². The number of phenols is 1. The van der Waals surface area contributed by atoms with Gasteiger partial charge in [-0.2, -0.15) is 0 Å². The van der Waals surface area contributed by atoms with Crippen LogP contribution >= 0.6 is 0 Å². The number of benzene rings is 1. The van der Waals surface area contributed by atoms with E-state index in [9.17, 15) is 67.7 Å². The van der Waals surface area contributed by atoms with Gasteiger partial charge in [-0.1, -0.05) is 32.4 Å². The standard InChI is InChI=1S/C41H60N12O14/c1-3-20(2)34-40(66)48-23(10-11-29(42)56)36(62)49-25(16-30(43)57)37(63)50-26(41(67)53-14-4-5-28(53)39(65)51-27(19-54)35(61)46-18-31(44)58)17-45-32(59)12-13-33(60)47-24(38(64)52-34)15-21-6-8-22(55)9-7-21/h6-9,20,23-28,34,54-55H,3-5,10-19H2,1-2H3,(H2,42,56)(H2,43,57)(H2,44,58)(H,45,59)(H,46,61)(H,47,60)(H,48,66)(H,49,62)(H,50,63)(H,51,65)(H,52,64)/t20-,23-,24-,25-,26-,27-,28-,34-/m0/s1. The lowest BCUT2D eigenvalue weighted by Crippen LogP contribution is -2.62. The van der Waals surface area contributed by atoms with Crippen molar-refractivity contribution in [3.63, 3.8) is 0 Å². The van der Waals surface area contributed by atoms with Crippen LogP contribution < -0.4 is 59.7 Å². The van der Waals surface area contributed by atoms with E-state index in [1.165, 1.54) is 24.3 Å². The smallest absolute Gasteiger partial charge is 0.247 e. The first-order chi connectivity index (χ1) is 31.6. The van der Waals surface area contributed by atoms with E-state index in [2.05, 4.69) is 42.5 Å². The van der Waals surface area contributed by atoms with Crippen LogP contribution in [0.5, 0.6) is 5.75 Å².